The van der Waals surface area contributed by atoms with Crippen molar-refractivity contribution in [1.29, 1.82) is 0 Å². The largest absolute Gasteiger partial charge is 0.445 e. The van der Waals surface area contributed by atoms with E-state index in [4.69, 9.17) is 4.74 Å². The minimum absolute atomic E-state index is 0.0627. The quantitative estimate of drug-likeness (QED) is 0.483. The molecule has 3 nitrogen and oxygen atoms in total. The summed E-state index contributed by atoms with van der Waals surface area (Å²) in [7, 11) is 0. The highest BCUT2D eigenvalue weighted by Gasteiger charge is 2.45. The number of ether oxygens (including phenoxy) is 1. The first kappa shape index (κ1) is 15.9. The van der Waals surface area contributed by atoms with Gasteiger partial charge in [-0.25, -0.2) is 4.79 Å². The predicted molar refractivity (Wildman–Crippen MR) is 92.8 cm³/mol. The Labute approximate surface area is 141 Å². The first-order valence-electron chi connectivity index (χ1n) is 7.74. The zero-order chi connectivity index (χ0) is 17.3. The van der Waals surface area contributed by atoms with Gasteiger partial charge in [0.1, 0.15) is 0 Å². The summed E-state index contributed by atoms with van der Waals surface area (Å²) in [5, 5.41) is 0. The lowest BCUT2D eigenvalue weighted by Gasteiger charge is -2.39. The van der Waals surface area contributed by atoms with Crippen LogP contribution in [0.2, 0.25) is 0 Å². The number of ketones is 1. The van der Waals surface area contributed by atoms with E-state index in [0.29, 0.717) is 34.2 Å². The van der Waals surface area contributed by atoms with E-state index in [0.717, 1.165) is 0 Å². The highest BCUT2D eigenvalue weighted by molar-refractivity contribution is 6.13. The van der Waals surface area contributed by atoms with Gasteiger partial charge >= 0.3 is 5.97 Å². The number of hydrogen-bond donors (Lipinski definition) is 0. The molecule has 0 radical (unpaired) electrons. The van der Waals surface area contributed by atoms with Crippen molar-refractivity contribution in [3.8, 4) is 0 Å². The van der Waals surface area contributed by atoms with Crippen LogP contribution >= 0.6 is 0 Å². The van der Waals surface area contributed by atoms with Gasteiger partial charge in [0, 0.05) is 34.2 Å². The fourth-order valence-corrected chi connectivity index (χ4v) is 3.18. The molecule has 0 spiro atoms. The normalized spacial score (nSPS) is 14.3. The molecule has 3 heteroatoms. The van der Waals surface area contributed by atoms with E-state index in [1.54, 1.807) is 25.1 Å². The SMILES string of the molecule is C=CCC1(OC(=O)C(=C)C)c2ccccc2C(=O)c2ccccc21. The van der Waals surface area contributed by atoms with Crippen molar-refractivity contribution < 1.29 is 14.3 Å². The molecule has 0 unspecified atom stereocenters. The molecule has 1 aliphatic rings. The number of carbonyl (C=O) groups excluding carboxylic acids is 2. The Kier molecular flexibility index (Phi) is 3.94. The first-order chi connectivity index (χ1) is 11.5. The fraction of sp³-hybridized carbons (Fsp3) is 0.143. The molecule has 2 aromatic carbocycles. The van der Waals surface area contributed by atoms with E-state index >= 15 is 0 Å². The molecule has 24 heavy (non-hydrogen) atoms. The van der Waals surface area contributed by atoms with E-state index in [9.17, 15) is 9.59 Å². The number of rotatable bonds is 4. The van der Waals surface area contributed by atoms with Gasteiger partial charge in [0.05, 0.1) is 0 Å². The molecular formula is C21H18O3. The molecule has 0 N–H and O–H groups in total. The molecule has 0 saturated carbocycles. The van der Waals surface area contributed by atoms with E-state index in [1.807, 2.05) is 36.4 Å². The number of hydrogen-bond acceptors (Lipinski definition) is 3. The summed E-state index contributed by atoms with van der Waals surface area (Å²) < 4.78 is 5.92. The van der Waals surface area contributed by atoms with Crippen molar-refractivity contribution >= 4 is 11.8 Å². The van der Waals surface area contributed by atoms with E-state index in [-0.39, 0.29) is 5.78 Å². The first-order valence-corrected chi connectivity index (χ1v) is 7.74. The fourth-order valence-electron chi connectivity index (χ4n) is 3.18. The van der Waals surface area contributed by atoms with Crippen LogP contribution in [-0.4, -0.2) is 11.8 Å². The van der Waals surface area contributed by atoms with Crippen LogP contribution in [0, 0.1) is 0 Å². The minimum atomic E-state index is -1.07. The van der Waals surface area contributed by atoms with E-state index in [1.165, 1.54) is 0 Å². The average molecular weight is 318 g/mol. The summed E-state index contributed by atoms with van der Waals surface area (Å²) in [5.74, 6) is -0.553. The van der Waals surface area contributed by atoms with Crippen molar-refractivity contribution in [2.45, 2.75) is 18.9 Å². The molecule has 0 fully saturated rings. The number of carbonyl (C=O) groups is 2. The van der Waals surface area contributed by atoms with Crippen LogP contribution in [-0.2, 0) is 15.1 Å². The molecule has 3 rings (SSSR count). The summed E-state index contributed by atoms with van der Waals surface area (Å²) in [6.07, 6.45) is 2.07. The highest BCUT2D eigenvalue weighted by Crippen LogP contribution is 2.45. The maximum absolute atomic E-state index is 12.8. The number of esters is 1. The van der Waals surface area contributed by atoms with Crippen molar-refractivity contribution in [1.82, 2.24) is 0 Å². The van der Waals surface area contributed by atoms with E-state index < -0.39 is 11.6 Å². The number of fused-ring (bicyclic) bond motifs is 2. The Bertz CT molecular complexity index is 811. The molecule has 0 saturated heterocycles. The second-order valence-corrected chi connectivity index (χ2v) is 5.91. The zero-order valence-corrected chi connectivity index (χ0v) is 13.5. The molecule has 0 amide bonds. The molecule has 120 valence electrons. The molecule has 0 heterocycles. The summed E-state index contributed by atoms with van der Waals surface area (Å²) in [6.45, 7) is 9.10. The molecule has 0 aromatic heterocycles. The smallest absolute Gasteiger partial charge is 0.334 e. The highest BCUT2D eigenvalue weighted by atomic mass is 16.6. The van der Waals surface area contributed by atoms with Gasteiger partial charge in [-0.2, -0.15) is 0 Å². The summed E-state index contributed by atoms with van der Waals surface area (Å²) >= 11 is 0. The van der Waals surface area contributed by atoms with Gasteiger partial charge < -0.3 is 4.74 Å². The topological polar surface area (TPSA) is 43.4 Å². The molecule has 0 aliphatic heterocycles. The van der Waals surface area contributed by atoms with Crippen LogP contribution in [0.1, 0.15) is 40.4 Å². The monoisotopic (exact) mass is 318 g/mol. The standard InChI is InChI=1S/C21H18O3/c1-4-13-21(24-20(23)14(2)3)17-11-7-5-9-15(17)19(22)16-10-6-8-12-18(16)21/h4-12H,1-2,13H2,3H3. The Morgan fingerprint density at radius 2 is 1.58 bits per heavy atom. The van der Waals surface area contributed by atoms with Crippen molar-refractivity contribution in [3.63, 3.8) is 0 Å². The van der Waals surface area contributed by atoms with Crippen LogP contribution < -0.4 is 0 Å². The van der Waals surface area contributed by atoms with Gasteiger partial charge in [0.2, 0.25) is 0 Å². The molecular weight excluding hydrogens is 300 g/mol. The van der Waals surface area contributed by atoms with Gasteiger partial charge in [0.15, 0.2) is 11.4 Å². The lowest BCUT2D eigenvalue weighted by Crippen LogP contribution is -2.39. The van der Waals surface area contributed by atoms with Gasteiger partial charge in [-0.05, 0) is 6.92 Å². The Balaban J connectivity index is 2.33. The van der Waals surface area contributed by atoms with E-state index in [2.05, 4.69) is 13.2 Å². The summed E-state index contributed by atoms with van der Waals surface area (Å²) in [4.78, 5) is 25.2. The second-order valence-electron chi connectivity index (χ2n) is 5.91. The lowest BCUT2D eigenvalue weighted by molar-refractivity contribution is -0.151. The Morgan fingerprint density at radius 3 is 2.04 bits per heavy atom. The average Bonchev–Trinajstić information content (AvgIpc) is 2.60. The van der Waals surface area contributed by atoms with Crippen LogP contribution in [0.4, 0.5) is 0 Å². The van der Waals surface area contributed by atoms with Gasteiger partial charge in [-0.1, -0.05) is 61.2 Å². The van der Waals surface area contributed by atoms with Crippen molar-refractivity contribution in [2.75, 3.05) is 0 Å². The molecule has 0 bridgehead atoms. The van der Waals surface area contributed by atoms with Crippen molar-refractivity contribution in [3.05, 3.63) is 95.6 Å². The molecule has 1 aliphatic carbocycles. The van der Waals surface area contributed by atoms with Crippen LogP contribution in [0.25, 0.3) is 0 Å². The third kappa shape index (κ3) is 2.29. The van der Waals surface area contributed by atoms with Gasteiger partial charge in [0.25, 0.3) is 0 Å². The van der Waals surface area contributed by atoms with Crippen LogP contribution in [0.5, 0.6) is 0 Å². The summed E-state index contributed by atoms with van der Waals surface area (Å²) in [6, 6.07) is 14.5. The van der Waals surface area contributed by atoms with Crippen LogP contribution in [0.3, 0.4) is 0 Å². The third-order valence-corrected chi connectivity index (χ3v) is 4.26. The number of benzene rings is 2. The lowest BCUT2D eigenvalue weighted by atomic mass is 9.72. The van der Waals surface area contributed by atoms with Crippen molar-refractivity contribution in [2.24, 2.45) is 0 Å². The summed E-state index contributed by atoms with van der Waals surface area (Å²) in [5.41, 5.74) is 1.70. The molecule has 2 aromatic rings. The predicted octanol–water partition coefficient (Wildman–Crippen LogP) is 4.17. The van der Waals surface area contributed by atoms with Gasteiger partial charge in [-0.3, -0.25) is 4.79 Å². The second kappa shape index (κ2) is 5.93. The Hall–Kier alpha value is -2.94. The van der Waals surface area contributed by atoms with Gasteiger partial charge in [-0.15, -0.1) is 6.58 Å². The van der Waals surface area contributed by atoms with Crippen LogP contribution in [0.15, 0.2) is 73.3 Å². The zero-order valence-electron chi connectivity index (χ0n) is 13.5. The minimum Gasteiger partial charge on any atom is -0.445 e. The maximum Gasteiger partial charge on any atom is 0.334 e. The Morgan fingerprint density at radius 1 is 1.08 bits per heavy atom. The maximum atomic E-state index is 12.8. The third-order valence-electron chi connectivity index (χ3n) is 4.26. The molecule has 0 atom stereocenters.